The molecule has 4 nitrogen and oxygen atoms in total. The van der Waals surface area contributed by atoms with Crippen molar-refractivity contribution in [3.8, 4) is 0 Å². The normalized spacial score (nSPS) is 23.8. The van der Waals surface area contributed by atoms with Crippen molar-refractivity contribution in [1.29, 1.82) is 0 Å². The Hall–Kier alpha value is -2.05. The molecule has 2 saturated carbocycles. The van der Waals surface area contributed by atoms with Crippen molar-refractivity contribution in [1.82, 2.24) is 5.32 Å². The minimum atomic E-state index is -4.27. The number of halogens is 3. The highest BCUT2D eigenvalue weighted by molar-refractivity contribution is 6.04. The lowest BCUT2D eigenvalue weighted by Gasteiger charge is -2.29. The molecule has 2 fully saturated rings. The van der Waals surface area contributed by atoms with Crippen LogP contribution in [-0.2, 0) is 4.79 Å². The van der Waals surface area contributed by atoms with Gasteiger partial charge in [0.05, 0.1) is 17.2 Å². The third-order valence-electron chi connectivity index (χ3n) is 5.63. The van der Waals surface area contributed by atoms with Gasteiger partial charge in [-0.2, -0.15) is 13.2 Å². The van der Waals surface area contributed by atoms with Crippen LogP contribution in [0.5, 0.6) is 0 Å². The molecule has 1 aromatic rings. The highest BCUT2D eigenvalue weighted by Gasteiger charge is 2.43. The Kier molecular flexibility index (Phi) is 6.07. The molecule has 2 N–H and O–H groups in total. The van der Waals surface area contributed by atoms with E-state index in [0.717, 1.165) is 25.7 Å². The Bertz CT molecular complexity index is 684. The fourth-order valence-corrected chi connectivity index (χ4v) is 4.08. The third-order valence-corrected chi connectivity index (χ3v) is 5.63. The van der Waals surface area contributed by atoms with Crippen molar-refractivity contribution < 1.29 is 22.8 Å². The smallest absolute Gasteiger partial charge is 0.349 e. The molecule has 2 amide bonds. The predicted octanol–water partition coefficient (Wildman–Crippen LogP) is 4.67. The first-order valence-electron chi connectivity index (χ1n) is 9.62. The van der Waals surface area contributed by atoms with Crippen LogP contribution < -0.4 is 10.6 Å². The van der Waals surface area contributed by atoms with Gasteiger partial charge in [0.25, 0.3) is 5.91 Å². The van der Waals surface area contributed by atoms with Crippen LogP contribution in [0.25, 0.3) is 0 Å². The number of rotatable bonds is 4. The Balaban J connectivity index is 1.66. The molecule has 0 bridgehead atoms. The summed E-state index contributed by atoms with van der Waals surface area (Å²) in [6, 6.07) is 6.79. The molecule has 0 unspecified atom stereocenters. The quantitative estimate of drug-likeness (QED) is 0.795. The number of carbonyl (C=O) groups is 2. The van der Waals surface area contributed by atoms with E-state index in [9.17, 15) is 22.8 Å². The Labute approximate surface area is 156 Å². The second-order valence-electron chi connectivity index (χ2n) is 7.59. The summed E-state index contributed by atoms with van der Waals surface area (Å²) in [6.07, 6.45) is 0.511. The number of benzene rings is 1. The lowest BCUT2D eigenvalue weighted by Crippen LogP contribution is -2.35. The molecule has 0 heterocycles. The number of para-hydroxylation sites is 1. The van der Waals surface area contributed by atoms with E-state index in [1.165, 1.54) is 0 Å². The first-order valence-corrected chi connectivity index (χ1v) is 9.62. The summed E-state index contributed by atoms with van der Waals surface area (Å²) in [5, 5.41) is 5.67. The standard InChI is InChI=1S/C20H25F3N2O2/c21-20(22,23)14-7-5-6-13(12-14)18(26)25-17-11-4-3-10-16(17)19(27)24-15-8-1-2-9-15/h3-4,10-11,13-15H,1-2,5-9,12H2,(H,24,27)(H,25,26)/t13-,14-/m0/s1. The van der Waals surface area contributed by atoms with E-state index in [4.69, 9.17) is 0 Å². The second-order valence-corrected chi connectivity index (χ2v) is 7.59. The molecule has 27 heavy (non-hydrogen) atoms. The summed E-state index contributed by atoms with van der Waals surface area (Å²) in [4.78, 5) is 25.1. The largest absolute Gasteiger partial charge is 0.391 e. The fourth-order valence-electron chi connectivity index (χ4n) is 4.08. The fraction of sp³-hybridized carbons (Fsp3) is 0.600. The Morgan fingerprint density at radius 3 is 2.37 bits per heavy atom. The van der Waals surface area contributed by atoms with Crippen molar-refractivity contribution in [3.05, 3.63) is 29.8 Å². The molecule has 0 aliphatic heterocycles. The zero-order valence-electron chi connectivity index (χ0n) is 15.1. The number of hydrogen-bond acceptors (Lipinski definition) is 2. The minimum Gasteiger partial charge on any atom is -0.349 e. The molecule has 0 saturated heterocycles. The maximum absolute atomic E-state index is 13.0. The zero-order chi connectivity index (χ0) is 19.4. The number of anilines is 1. The molecule has 0 radical (unpaired) electrons. The molecule has 2 atom stereocenters. The van der Waals surface area contributed by atoms with Crippen LogP contribution >= 0.6 is 0 Å². The monoisotopic (exact) mass is 382 g/mol. The highest BCUT2D eigenvalue weighted by atomic mass is 19.4. The van der Waals surface area contributed by atoms with Crippen LogP contribution in [0.2, 0.25) is 0 Å². The summed E-state index contributed by atoms with van der Waals surface area (Å²) in [7, 11) is 0. The number of carbonyl (C=O) groups excluding carboxylic acids is 2. The van der Waals surface area contributed by atoms with Crippen molar-refractivity contribution in [2.24, 2.45) is 11.8 Å². The number of alkyl halides is 3. The van der Waals surface area contributed by atoms with Crippen LogP contribution in [-0.4, -0.2) is 24.0 Å². The minimum absolute atomic E-state index is 0.0770. The zero-order valence-corrected chi connectivity index (χ0v) is 15.1. The van der Waals surface area contributed by atoms with Gasteiger partial charge in [0.15, 0.2) is 0 Å². The topological polar surface area (TPSA) is 58.2 Å². The first-order chi connectivity index (χ1) is 12.8. The van der Waals surface area contributed by atoms with Crippen molar-refractivity contribution in [3.63, 3.8) is 0 Å². The second kappa shape index (κ2) is 8.31. The van der Waals surface area contributed by atoms with Gasteiger partial charge in [0.1, 0.15) is 0 Å². The molecule has 0 spiro atoms. The molecule has 3 rings (SSSR count). The summed E-state index contributed by atoms with van der Waals surface area (Å²) in [5.74, 6) is -2.81. The predicted molar refractivity (Wildman–Crippen MR) is 96.3 cm³/mol. The maximum atomic E-state index is 13.0. The van der Waals surface area contributed by atoms with Gasteiger partial charge in [0, 0.05) is 12.0 Å². The van der Waals surface area contributed by atoms with E-state index in [2.05, 4.69) is 10.6 Å². The van der Waals surface area contributed by atoms with Gasteiger partial charge in [-0.25, -0.2) is 0 Å². The molecule has 2 aliphatic rings. The maximum Gasteiger partial charge on any atom is 0.391 e. The van der Waals surface area contributed by atoms with Gasteiger partial charge in [-0.3, -0.25) is 9.59 Å². The summed E-state index contributed by atoms with van der Waals surface area (Å²) >= 11 is 0. The van der Waals surface area contributed by atoms with Gasteiger partial charge >= 0.3 is 6.18 Å². The Morgan fingerprint density at radius 2 is 1.67 bits per heavy atom. The molecular formula is C20H25F3N2O2. The van der Waals surface area contributed by atoms with Gasteiger partial charge in [0.2, 0.25) is 5.91 Å². The van der Waals surface area contributed by atoms with E-state index in [1.807, 2.05) is 0 Å². The van der Waals surface area contributed by atoms with Gasteiger partial charge in [-0.15, -0.1) is 0 Å². The average Bonchev–Trinajstić information content (AvgIpc) is 3.14. The van der Waals surface area contributed by atoms with Crippen LogP contribution in [0.3, 0.4) is 0 Å². The third kappa shape index (κ3) is 5.02. The van der Waals surface area contributed by atoms with E-state index in [1.54, 1.807) is 24.3 Å². The summed E-state index contributed by atoms with van der Waals surface area (Å²) < 4.78 is 39.0. The Morgan fingerprint density at radius 1 is 0.963 bits per heavy atom. The van der Waals surface area contributed by atoms with Crippen molar-refractivity contribution >= 4 is 17.5 Å². The lowest BCUT2D eigenvalue weighted by molar-refractivity contribution is -0.185. The molecule has 1 aromatic carbocycles. The van der Waals surface area contributed by atoms with Crippen molar-refractivity contribution in [2.45, 2.75) is 63.6 Å². The molecule has 7 heteroatoms. The average molecular weight is 382 g/mol. The number of hydrogen-bond donors (Lipinski definition) is 2. The molecular weight excluding hydrogens is 357 g/mol. The van der Waals surface area contributed by atoms with E-state index >= 15 is 0 Å². The lowest BCUT2D eigenvalue weighted by atomic mass is 9.80. The van der Waals surface area contributed by atoms with E-state index in [-0.39, 0.29) is 24.8 Å². The summed E-state index contributed by atoms with van der Waals surface area (Å²) in [6.45, 7) is 0. The van der Waals surface area contributed by atoms with E-state index < -0.39 is 23.9 Å². The van der Waals surface area contributed by atoms with Gasteiger partial charge in [-0.05, 0) is 44.2 Å². The van der Waals surface area contributed by atoms with Crippen LogP contribution in [0.15, 0.2) is 24.3 Å². The van der Waals surface area contributed by atoms with Crippen LogP contribution in [0.1, 0.15) is 61.7 Å². The van der Waals surface area contributed by atoms with Gasteiger partial charge < -0.3 is 10.6 Å². The van der Waals surface area contributed by atoms with Crippen molar-refractivity contribution in [2.75, 3.05) is 5.32 Å². The number of nitrogens with one attached hydrogen (secondary N) is 2. The van der Waals surface area contributed by atoms with Gasteiger partial charge in [-0.1, -0.05) is 31.4 Å². The highest BCUT2D eigenvalue weighted by Crippen LogP contribution is 2.40. The molecule has 0 aromatic heterocycles. The SMILES string of the molecule is O=C(NC1CCCC1)c1ccccc1NC(=O)[C@H]1CCC[C@H](C(F)(F)F)C1. The number of amides is 2. The van der Waals surface area contributed by atoms with E-state index in [0.29, 0.717) is 24.1 Å². The van der Waals surface area contributed by atoms with Crippen LogP contribution in [0, 0.1) is 11.8 Å². The summed E-state index contributed by atoms with van der Waals surface area (Å²) in [5.41, 5.74) is 0.702. The molecule has 2 aliphatic carbocycles. The van der Waals surface area contributed by atoms with Crippen LogP contribution in [0.4, 0.5) is 18.9 Å². The molecule has 148 valence electrons. The first kappa shape index (κ1) is 19.7.